The zero-order valence-corrected chi connectivity index (χ0v) is 10.8. The predicted molar refractivity (Wildman–Crippen MR) is 70.2 cm³/mol. The average molecular weight is 249 g/mol. The first-order valence-corrected chi connectivity index (χ1v) is 6.29. The standard InChI is InChI=1S/C12H15N3OS/c1-9(2)6-7-15-12(16)14(3)11(13-15)10-5-4-8-17-10/h4-5,8H,1,6-7H2,2-3H3. The summed E-state index contributed by atoms with van der Waals surface area (Å²) >= 11 is 1.58. The molecule has 0 aliphatic heterocycles. The van der Waals surface area contributed by atoms with Gasteiger partial charge in [-0.1, -0.05) is 11.6 Å². The van der Waals surface area contributed by atoms with Gasteiger partial charge < -0.3 is 0 Å². The lowest BCUT2D eigenvalue weighted by Crippen LogP contribution is -2.23. The van der Waals surface area contributed by atoms with Gasteiger partial charge in [-0.3, -0.25) is 4.57 Å². The lowest BCUT2D eigenvalue weighted by molar-refractivity contribution is 0.584. The van der Waals surface area contributed by atoms with Crippen molar-refractivity contribution in [2.24, 2.45) is 7.05 Å². The van der Waals surface area contributed by atoms with Crippen molar-refractivity contribution < 1.29 is 0 Å². The molecule has 0 spiro atoms. The van der Waals surface area contributed by atoms with Crippen LogP contribution in [0.15, 0.2) is 34.5 Å². The van der Waals surface area contributed by atoms with E-state index < -0.39 is 0 Å². The smallest absolute Gasteiger partial charge is 0.277 e. The maximum atomic E-state index is 11.9. The average Bonchev–Trinajstić information content (AvgIpc) is 2.88. The summed E-state index contributed by atoms with van der Waals surface area (Å²) in [6.07, 6.45) is 0.779. The van der Waals surface area contributed by atoms with Crippen molar-refractivity contribution in [3.8, 4) is 10.7 Å². The second-order valence-electron chi connectivity index (χ2n) is 4.07. The fraction of sp³-hybridized carbons (Fsp3) is 0.333. The van der Waals surface area contributed by atoms with Crippen molar-refractivity contribution in [1.82, 2.24) is 14.3 Å². The maximum Gasteiger partial charge on any atom is 0.345 e. The third kappa shape index (κ3) is 2.39. The third-order valence-corrected chi connectivity index (χ3v) is 3.40. The van der Waals surface area contributed by atoms with Gasteiger partial charge in [-0.25, -0.2) is 9.48 Å². The van der Waals surface area contributed by atoms with Crippen LogP contribution in [0.1, 0.15) is 13.3 Å². The van der Waals surface area contributed by atoms with Crippen LogP contribution in [-0.4, -0.2) is 14.3 Å². The zero-order chi connectivity index (χ0) is 12.4. The molecule has 0 saturated heterocycles. The molecule has 0 bridgehead atoms. The number of hydrogen-bond acceptors (Lipinski definition) is 3. The highest BCUT2D eigenvalue weighted by Crippen LogP contribution is 2.20. The molecule has 17 heavy (non-hydrogen) atoms. The number of thiophene rings is 1. The van der Waals surface area contributed by atoms with Crippen LogP contribution in [0.25, 0.3) is 10.7 Å². The van der Waals surface area contributed by atoms with Crippen molar-refractivity contribution in [2.45, 2.75) is 19.9 Å². The van der Waals surface area contributed by atoms with Gasteiger partial charge in [0.05, 0.1) is 11.4 Å². The fourth-order valence-corrected chi connectivity index (χ4v) is 2.29. The van der Waals surface area contributed by atoms with Gasteiger partial charge in [0, 0.05) is 7.05 Å². The number of hydrogen-bond donors (Lipinski definition) is 0. The molecule has 0 saturated carbocycles. The van der Waals surface area contributed by atoms with Crippen LogP contribution in [-0.2, 0) is 13.6 Å². The molecule has 90 valence electrons. The molecule has 0 fully saturated rings. The first-order valence-electron chi connectivity index (χ1n) is 5.41. The summed E-state index contributed by atoms with van der Waals surface area (Å²) in [6.45, 7) is 6.37. The Hall–Kier alpha value is -1.62. The van der Waals surface area contributed by atoms with E-state index in [-0.39, 0.29) is 5.69 Å². The Bertz CT molecular complexity index is 577. The molecule has 0 atom stereocenters. The van der Waals surface area contributed by atoms with Crippen LogP contribution < -0.4 is 5.69 Å². The molecule has 0 aliphatic carbocycles. The quantitative estimate of drug-likeness (QED) is 0.780. The third-order valence-electron chi connectivity index (χ3n) is 2.53. The van der Waals surface area contributed by atoms with Gasteiger partial charge in [0.1, 0.15) is 0 Å². The van der Waals surface area contributed by atoms with Gasteiger partial charge >= 0.3 is 5.69 Å². The summed E-state index contributed by atoms with van der Waals surface area (Å²) < 4.78 is 3.09. The topological polar surface area (TPSA) is 39.8 Å². The van der Waals surface area contributed by atoms with E-state index in [9.17, 15) is 4.79 Å². The minimum absolute atomic E-state index is 0.0744. The Morgan fingerprint density at radius 1 is 1.59 bits per heavy atom. The van der Waals surface area contributed by atoms with Crippen LogP contribution >= 0.6 is 11.3 Å². The van der Waals surface area contributed by atoms with Crippen LogP contribution in [0, 0.1) is 0 Å². The summed E-state index contributed by atoms with van der Waals surface area (Å²) in [6, 6.07) is 3.92. The minimum atomic E-state index is -0.0744. The molecule has 0 N–H and O–H groups in total. The first-order chi connectivity index (χ1) is 8.09. The minimum Gasteiger partial charge on any atom is -0.277 e. The van der Waals surface area contributed by atoms with Crippen LogP contribution in [0.3, 0.4) is 0 Å². The highest BCUT2D eigenvalue weighted by molar-refractivity contribution is 7.13. The molecule has 2 rings (SSSR count). The van der Waals surface area contributed by atoms with E-state index >= 15 is 0 Å². The summed E-state index contributed by atoms with van der Waals surface area (Å²) in [7, 11) is 1.75. The van der Waals surface area contributed by atoms with E-state index in [0.717, 1.165) is 22.7 Å². The molecule has 2 heterocycles. The predicted octanol–water partition coefficient (Wildman–Crippen LogP) is 2.28. The largest absolute Gasteiger partial charge is 0.345 e. The Morgan fingerprint density at radius 2 is 2.35 bits per heavy atom. The Labute approximate surface area is 104 Å². The van der Waals surface area contributed by atoms with Gasteiger partial charge in [0.25, 0.3) is 0 Å². The van der Waals surface area contributed by atoms with Crippen molar-refractivity contribution >= 4 is 11.3 Å². The van der Waals surface area contributed by atoms with Crippen molar-refractivity contribution in [2.75, 3.05) is 0 Å². The van der Waals surface area contributed by atoms with Crippen molar-refractivity contribution in [3.63, 3.8) is 0 Å². The Kier molecular flexibility index (Phi) is 3.28. The van der Waals surface area contributed by atoms with Gasteiger partial charge in [-0.15, -0.1) is 23.0 Å². The molecular formula is C12H15N3OS. The van der Waals surface area contributed by atoms with Crippen molar-refractivity contribution in [3.05, 3.63) is 40.1 Å². The van der Waals surface area contributed by atoms with E-state index in [2.05, 4.69) is 11.7 Å². The zero-order valence-electron chi connectivity index (χ0n) is 10.0. The number of allylic oxidation sites excluding steroid dienone is 1. The first kappa shape index (κ1) is 11.9. The van der Waals surface area contributed by atoms with E-state index in [1.54, 1.807) is 23.0 Å². The summed E-state index contributed by atoms with van der Waals surface area (Å²) in [5.41, 5.74) is 0.981. The molecule has 2 aromatic rings. The van der Waals surface area contributed by atoms with Crippen molar-refractivity contribution in [1.29, 1.82) is 0 Å². The lowest BCUT2D eigenvalue weighted by Gasteiger charge is -1.97. The van der Waals surface area contributed by atoms with Crippen LogP contribution in [0.2, 0.25) is 0 Å². The second-order valence-corrected chi connectivity index (χ2v) is 5.02. The molecule has 0 radical (unpaired) electrons. The monoisotopic (exact) mass is 249 g/mol. The highest BCUT2D eigenvalue weighted by atomic mass is 32.1. The summed E-state index contributed by atoms with van der Waals surface area (Å²) in [5.74, 6) is 0.728. The number of nitrogens with zero attached hydrogens (tertiary/aromatic N) is 3. The lowest BCUT2D eigenvalue weighted by atomic mass is 10.2. The van der Waals surface area contributed by atoms with E-state index in [4.69, 9.17) is 0 Å². The molecule has 4 nitrogen and oxygen atoms in total. The Morgan fingerprint density at radius 3 is 2.94 bits per heavy atom. The SMILES string of the molecule is C=C(C)CCn1nc(-c2cccs2)n(C)c1=O. The van der Waals surface area contributed by atoms with Gasteiger partial charge in [-0.2, -0.15) is 0 Å². The van der Waals surface area contributed by atoms with Gasteiger partial charge in [-0.05, 0) is 24.8 Å². The van der Waals surface area contributed by atoms with Crippen LogP contribution in [0.4, 0.5) is 0 Å². The maximum absolute atomic E-state index is 11.9. The molecule has 0 amide bonds. The van der Waals surface area contributed by atoms with E-state index in [0.29, 0.717) is 6.54 Å². The van der Waals surface area contributed by atoms with Gasteiger partial charge in [0.2, 0.25) is 0 Å². The molecule has 0 aliphatic rings. The Balaban J connectivity index is 2.34. The normalized spacial score (nSPS) is 10.7. The number of rotatable bonds is 4. The fourth-order valence-electron chi connectivity index (χ4n) is 1.55. The molecular weight excluding hydrogens is 234 g/mol. The summed E-state index contributed by atoms with van der Waals surface area (Å²) in [5, 5.41) is 6.34. The molecule has 0 unspecified atom stereocenters. The number of aromatic nitrogens is 3. The molecule has 0 aromatic carbocycles. The van der Waals surface area contributed by atoms with E-state index in [1.807, 2.05) is 24.4 Å². The van der Waals surface area contributed by atoms with Gasteiger partial charge in [0.15, 0.2) is 5.82 Å². The second kappa shape index (κ2) is 4.71. The molecule has 5 heteroatoms. The highest BCUT2D eigenvalue weighted by Gasteiger charge is 2.12. The molecule has 2 aromatic heterocycles. The number of aryl methyl sites for hydroxylation is 1. The van der Waals surface area contributed by atoms with Crippen LogP contribution in [0.5, 0.6) is 0 Å². The van der Waals surface area contributed by atoms with E-state index in [1.165, 1.54) is 4.68 Å². The summed E-state index contributed by atoms with van der Waals surface area (Å²) in [4.78, 5) is 12.9.